The third kappa shape index (κ3) is 8.28. The maximum atomic E-state index is 12.6. The first-order valence-corrected chi connectivity index (χ1v) is 16.6. The second-order valence-corrected chi connectivity index (χ2v) is 12.4. The normalized spacial score (nSPS) is 12.0. The summed E-state index contributed by atoms with van der Waals surface area (Å²) in [4.78, 5) is 37.6. The van der Waals surface area contributed by atoms with Crippen molar-refractivity contribution in [2.75, 3.05) is 49.8 Å². The lowest BCUT2D eigenvalue weighted by Gasteiger charge is -2.22. The fourth-order valence-electron chi connectivity index (χ4n) is 7.08. The Morgan fingerprint density at radius 2 is 0.647 bits per heavy atom. The molecule has 4 aromatic carbocycles. The van der Waals surface area contributed by atoms with E-state index in [0.29, 0.717) is 48.7 Å². The van der Waals surface area contributed by atoms with Gasteiger partial charge in [0.2, 0.25) is 0 Å². The summed E-state index contributed by atoms with van der Waals surface area (Å²) in [6.07, 6.45) is 1.80. The molecule has 5 rings (SSSR count). The number of carbonyl (C=O) groups is 3. The van der Waals surface area contributed by atoms with Crippen molar-refractivity contribution >= 4 is 17.9 Å². The van der Waals surface area contributed by atoms with E-state index >= 15 is 0 Å². The Balaban J connectivity index is 1.84. The Kier molecular flexibility index (Phi) is 11.9. The zero-order chi connectivity index (χ0) is 36.7. The van der Waals surface area contributed by atoms with Crippen LogP contribution in [0.1, 0.15) is 61.2 Å². The second kappa shape index (κ2) is 16.5. The third-order valence-electron chi connectivity index (χ3n) is 9.15. The van der Waals surface area contributed by atoms with Crippen LogP contribution < -0.4 is 18.9 Å². The monoisotopic (exact) mass is 696 g/mol. The van der Waals surface area contributed by atoms with Gasteiger partial charge in [0, 0.05) is 25.7 Å². The minimum atomic E-state index is -0.380. The molecule has 1 aliphatic carbocycles. The van der Waals surface area contributed by atoms with Gasteiger partial charge >= 0.3 is 17.9 Å². The molecule has 8 bridgehead atoms. The number of methoxy groups -OCH3 is 7. The minimum Gasteiger partial charge on any atom is -0.496 e. The number of hydrogen-bond donors (Lipinski definition) is 0. The highest BCUT2D eigenvalue weighted by atomic mass is 16.5. The molecule has 0 amide bonds. The molecule has 51 heavy (non-hydrogen) atoms. The first-order chi connectivity index (χ1) is 24.6. The molecule has 0 atom stereocenters. The van der Waals surface area contributed by atoms with E-state index in [2.05, 4.69) is 0 Å². The highest BCUT2D eigenvalue weighted by Crippen LogP contribution is 2.40. The summed E-state index contributed by atoms with van der Waals surface area (Å²) in [5, 5.41) is 0. The Hall–Kier alpha value is -5.51. The van der Waals surface area contributed by atoms with E-state index in [0.717, 1.165) is 61.2 Å². The van der Waals surface area contributed by atoms with Gasteiger partial charge in [0.25, 0.3) is 0 Å². The minimum absolute atomic E-state index is 0.0461. The van der Waals surface area contributed by atoms with Gasteiger partial charge in [-0.3, -0.25) is 14.4 Å². The summed E-state index contributed by atoms with van der Waals surface area (Å²) < 4.78 is 39.5. The quantitative estimate of drug-likeness (QED) is 0.136. The lowest BCUT2D eigenvalue weighted by molar-refractivity contribution is -0.140. The molecule has 268 valence electrons. The number of para-hydroxylation sites is 1. The largest absolute Gasteiger partial charge is 0.496 e. The first-order valence-electron chi connectivity index (χ1n) is 16.6. The summed E-state index contributed by atoms with van der Waals surface area (Å²) >= 11 is 0. The standard InChI is InChI=1S/C41H44O10/c1-45-35(42)17-24-11-29-20-27-9-8-10-28(38(27)48-4)21-30-12-25(18-36(43)46-2)14-32(40(30)50-6)23-34-16-26(19-37(44)47-3)15-33(41(34)51-7)22-31(13-24)39(29)49-5/h8-16H,17-23H2,1-7H3. The lowest BCUT2D eigenvalue weighted by atomic mass is 9.88. The molecular weight excluding hydrogens is 652 g/mol. The molecule has 0 fully saturated rings. The van der Waals surface area contributed by atoms with Crippen LogP contribution in [0.2, 0.25) is 0 Å². The van der Waals surface area contributed by atoms with Crippen LogP contribution in [0.3, 0.4) is 0 Å². The number of ether oxygens (including phenoxy) is 7. The molecule has 4 aromatic rings. The number of fused-ring (bicyclic) bond motifs is 8. The van der Waals surface area contributed by atoms with Crippen LogP contribution in [0.5, 0.6) is 23.0 Å². The van der Waals surface area contributed by atoms with Crippen molar-refractivity contribution in [1.29, 1.82) is 0 Å². The molecule has 10 nitrogen and oxygen atoms in total. The van der Waals surface area contributed by atoms with Crippen molar-refractivity contribution in [3.63, 3.8) is 0 Å². The molecule has 0 N–H and O–H groups in total. The summed E-state index contributed by atoms with van der Waals surface area (Å²) in [7, 11) is 10.6. The van der Waals surface area contributed by atoms with Gasteiger partial charge in [0.1, 0.15) is 23.0 Å². The van der Waals surface area contributed by atoms with E-state index in [-0.39, 0.29) is 37.2 Å². The highest BCUT2D eigenvalue weighted by Gasteiger charge is 2.24. The summed E-state index contributed by atoms with van der Waals surface area (Å²) in [6.45, 7) is 0. The van der Waals surface area contributed by atoms with Crippen molar-refractivity contribution in [3.05, 3.63) is 116 Å². The molecule has 0 heterocycles. The van der Waals surface area contributed by atoms with Crippen LogP contribution in [0.4, 0.5) is 0 Å². The van der Waals surface area contributed by atoms with Gasteiger partial charge in [-0.2, -0.15) is 0 Å². The van der Waals surface area contributed by atoms with Crippen molar-refractivity contribution in [3.8, 4) is 23.0 Å². The van der Waals surface area contributed by atoms with Crippen molar-refractivity contribution in [1.82, 2.24) is 0 Å². The maximum Gasteiger partial charge on any atom is 0.309 e. The SMILES string of the molecule is COC(=O)Cc1cc2c(OC)c(c1)Cc1cc(CC(=O)OC)cc(c1OC)Cc1cc(CC(=O)OC)cc(c1OC)Cc1cccc(c1OC)C2. The number of hydrogen-bond acceptors (Lipinski definition) is 10. The van der Waals surface area contributed by atoms with Gasteiger partial charge in [-0.1, -0.05) is 54.6 Å². The summed E-state index contributed by atoms with van der Waals surface area (Å²) in [6, 6.07) is 17.7. The van der Waals surface area contributed by atoms with Crippen molar-refractivity contribution in [2.45, 2.75) is 44.9 Å². The van der Waals surface area contributed by atoms with Crippen LogP contribution in [-0.2, 0) is 73.5 Å². The third-order valence-corrected chi connectivity index (χ3v) is 9.15. The van der Waals surface area contributed by atoms with Gasteiger partial charge in [-0.05, 0) is 61.2 Å². The van der Waals surface area contributed by atoms with Gasteiger partial charge in [0.15, 0.2) is 0 Å². The molecular formula is C41H44O10. The maximum absolute atomic E-state index is 12.6. The van der Waals surface area contributed by atoms with Gasteiger partial charge in [-0.15, -0.1) is 0 Å². The highest BCUT2D eigenvalue weighted by molar-refractivity contribution is 5.74. The van der Waals surface area contributed by atoms with E-state index in [1.165, 1.54) is 21.3 Å². The molecule has 0 aliphatic heterocycles. The molecule has 0 saturated heterocycles. The first kappa shape index (κ1) is 36.8. The zero-order valence-electron chi connectivity index (χ0n) is 30.2. The number of carbonyl (C=O) groups excluding carboxylic acids is 3. The molecule has 1 aliphatic rings. The number of benzene rings is 4. The lowest BCUT2D eigenvalue weighted by Crippen LogP contribution is -2.11. The topological polar surface area (TPSA) is 116 Å². The number of rotatable bonds is 10. The molecule has 0 aromatic heterocycles. The molecule has 0 spiro atoms. The second-order valence-electron chi connectivity index (χ2n) is 12.4. The van der Waals surface area contributed by atoms with E-state index in [9.17, 15) is 14.4 Å². The summed E-state index contributed by atoms with van der Waals surface area (Å²) in [5.41, 5.74) is 9.13. The fraction of sp³-hybridized carbons (Fsp3) is 0.341. The van der Waals surface area contributed by atoms with E-state index in [4.69, 9.17) is 33.2 Å². The van der Waals surface area contributed by atoms with E-state index in [1.807, 2.05) is 54.6 Å². The van der Waals surface area contributed by atoms with Crippen LogP contribution in [0, 0.1) is 0 Å². The van der Waals surface area contributed by atoms with Crippen LogP contribution in [-0.4, -0.2) is 67.7 Å². The molecule has 0 radical (unpaired) electrons. The Morgan fingerprint density at radius 1 is 0.412 bits per heavy atom. The number of esters is 3. The smallest absolute Gasteiger partial charge is 0.309 e. The predicted octanol–water partition coefficient (Wildman–Crippen LogP) is 5.54. The Bertz CT molecular complexity index is 1820. The van der Waals surface area contributed by atoms with Crippen LogP contribution >= 0.6 is 0 Å². The van der Waals surface area contributed by atoms with E-state index < -0.39 is 0 Å². The van der Waals surface area contributed by atoms with E-state index in [1.54, 1.807) is 28.4 Å². The Morgan fingerprint density at radius 3 is 0.882 bits per heavy atom. The molecule has 0 unspecified atom stereocenters. The van der Waals surface area contributed by atoms with Crippen LogP contribution in [0.25, 0.3) is 0 Å². The van der Waals surface area contributed by atoms with Gasteiger partial charge < -0.3 is 33.2 Å². The average Bonchev–Trinajstić information content (AvgIpc) is 3.11. The predicted molar refractivity (Wildman–Crippen MR) is 190 cm³/mol. The van der Waals surface area contributed by atoms with Crippen LogP contribution in [0.15, 0.2) is 54.6 Å². The summed E-state index contributed by atoms with van der Waals surface area (Å²) in [5.74, 6) is 1.59. The fourth-order valence-corrected chi connectivity index (χ4v) is 7.08. The van der Waals surface area contributed by atoms with Gasteiger partial charge in [0.05, 0.1) is 69.0 Å². The van der Waals surface area contributed by atoms with Gasteiger partial charge in [-0.25, -0.2) is 0 Å². The zero-order valence-corrected chi connectivity index (χ0v) is 30.2. The average molecular weight is 697 g/mol. The molecule has 0 saturated carbocycles. The Labute approximate surface area is 298 Å². The molecule has 10 heteroatoms. The van der Waals surface area contributed by atoms with Crippen molar-refractivity contribution in [2.24, 2.45) is 0 Å². The van der Waals surface area contributed by atoms with Crippen molar-refractivity contribution < 1.29 is 47.5 Å².